The molecule has 0 atom stereocenters. The number of aromatic nitrogens is 3. The number of fused-ring (bicyclic) bond motifs is 2. The summed E-state index contributed by atoms with van der Waals surface area (Å²) in [7, 11) is 5.53. The summed E-state index contributed by atoms with van der Waals surface area (Å²) >= 11 is 0. The molecule has 1 amide bonds. The number of pyridine rings is 1. The van der Waals surface area contributed by atoms with Crippen LogP contribution in [0.5, 0.6) is 0 Å². The predicted octanol–water partition coefficient (Wildman–Crippen LogP) is 5.04. The smallest absolute Gasteiger partial charge is 0.269 e. The molecule has 1 aliphatic rings. The van der Waals surface area contributed by atoms with E-state index >= 15 is 0 Å². The van der Waals surface area contributed by atoms with Crippen molar-refractivity contribution in [1.29, 1.82) is 0 Å². The van der Waals surface area contributed by atoms with Gasteiger partial charge in [0.25, 0.3) is 12.3 Å². The third kappa shape index (κ3) is 4.91. The lowest BCUT2D eigenvalue weighted by Gasteiger charge is -2.32. The van der Waals surface area contributed by atoms with E-state index in [1.54, 1.807) is 29.9 Å². The molecule has 0 fully saturated rings. The Morgan fingerprint density at radius 3 is 2.73 bits per heavy atom. The lowest BCUT2D eigenvalue weighted by molar-refractivity contribution is 0.0958. The van der Waals surface area contributed by atoms with Crippen LogP contribution < -0.4 is 10.2 Å². The monoisotopic (exact) mass is 504 g/mol. The summed E-state index contributed by atoms with van der Waals surface area (Å²) in [5.74, 6) is 0.302. The highest BCUT2D eigenvalue weighted by Crippen LogP contribution is 2.42. The fourth-order valence-electron chi connectivity index (χ4n) is 4.83. The van der Waals surface area contributed by atoms with Crippen molar-refractivity contribution in [2.75, 3.05) is 39.1 Å². The second kappa shape index (κ2) is 10.3. The van der Waals surface area contributed by atoms with Gasteiger partial charge in [0.05, 0.1) is 12.2 Å². The molecule has 0 radical (unpaired) electrons. The van der Waals surface area contributed by atoms with E-state index in [1.807, 2.05) is 55.5 Å². The molecule has 0 spiro atoms. The molecule has 0 aliphatic carbocycles. The van der Waals surface area contributed by atoms with Gasteiger partial charge in [-0.2, -0.15) is 5.10 Å². The SMILES string of the molecule is CNC(=O)c1cc2ccccc2c(N2CCCc3cc(-c4ccn(CCN(C)C)n4)c(C(F)F)cc32)n1. The highest BCUT2D eigenvalue weighted by molar-refractivity contribution is 6.01. The number of amides is 1. The Hall–Kier alpha value is -3.85. The third-order valence-corrected chi connectivity index (χ3v) is 6.73. The standard InChI is InChI=1S/C28H30F2N6O/c1-31-28(37)24-16-18-7-4-5-9-20(18)27(32-24)36-11-6-8-19-15-21(22(26(29)30)17-25(19)36)23-10-12-35(33-23)14-13-34(2)3/h4-5,7,9-10,12,15-17,26H,6,8,11,13-14H2,1-3H3,(H,31,37). The number of nitrogens with one attached hydrogen (secondary N) is 1. The zero-order valence-corrected chi connectivity index (χ0v) is 21.2. The highest BCUT2D eigenvalue weighted by atomic mass is 19.3. The van der Waals surface area contributed by atoms with Crippen molar-refractivity contribution in [3.05, 3.63) is 71.5 Å². The zero-order chi connectivity index (χ0) is 26.1. The number of halogens is 2. The molecule has 7 nitrogen and oxygen atoms in total. The van der Waals surface area contributed by atoms with E-state index in [1.165, 1.54) is 0 Å². The van der Waals surface area contributed by atoms with E-state index in [0.717, 1.165) is 35.7 Å². The first-order valence-electron chi connectivity index (χ1n) is 12.4. The normalized spacial score (nSPS) is 13.4. The number of carbonyl (C=O) groups excluding carboxylic acids is 1. The summed E-state index contributed by atoms with van der Waals surface area (Å²) in [6.45, 7) is 2.09. The molecule has 5 rings (SSSR count). The summed E-state index contributed by atoms with van der Waals surface area (Å²) < 4.78 is 30.6. The molecule has 1 aliphatic heterocycles. The molecule has 1 N–H and O–H groups in total. The van der Waals surface area contributed by atoms with Gasteiger partial charge >= 0.3 is 0 Å². The van der Waals surface area contributed by atoms with Crippen molar-refractivity contribution in [1.82, 2.24) is 25.0 Å². The average Bonchev–Trinajstić information content (AvgIpc) is 3.38. The molecule has 0 saturated heterocycles. The number of hydrogen-bond donors (Lipinski definition) is 1. The van der Waals surface area contributed by atoms with Gasteiger partial charge in [-0.1, -0.05) is 24.3 Å². The minimum absolute atomic E-state index is 0.0599. The Morgan fingerprint density at radius 1 is 1.16 bits per heavy atom. The number of likely N-dealkylation sites (N-methyl/N-ethyl adjacent to an activating group) is 1. The van der Waals surface area contributed by atoms with Crippen molar-refractivity contribution >= 4 is 28.2 Å². The van der Waals surface area contributed by atoms with E-state index in [9.17, 15) is 13.6 Å². The van der Waals surface area contributed by atoms with Crippen LogP contribution in [0.15, 0.2) is 54.7 Å². The summed E-state index contributed by atoms with van der Waals surface area (Å²) in [5.41, 5.74) is 2.89. The molecule has 37 heavy (non-hydrogen) atoms. The van der Waals surface area contributed by atoms with Gasteiger partial charge < -0.3 is 15.1 Å². The minimum Gasteiger partial charge on any atom is -0.354 e. The number of nitrogens with zero attached hydrogens (tertiary/aromatic N) is 5. The first-order valence-corrected chi connectivity index (χ1v) is 12.4. The number of aryl methyl sites for hydroxylation is 1. The van der Waals surface area contributed by atoms with Crippen LogP contribution >= 0.6 is 0 Å². The van der Waals surface area contributed by atoms with Crippen LogP contribution in [0, 0.1) is 0 Å². The summed E-state index contributed by atoms with van der Waals surface area (Å²) in [6.07, 6.45) is 0.757. The first kappa shape index (κ1) is 24.8. The number of anilines is 2. The Bertz CT molecular complexity index is 1450. The molecule has 2 aromatic carbocycles. The van der Waals surface area contributed by atoms with Crippen molar-refractivity contribution in [3.63, 3.8) is 0 Å². The maximum Gasteiger partial charge on any atom is 0.269 e. The van der Waals surface area contributed by atoms with Crippen molar-refractivity contribution in [2.24, 2.45) is 0 Å². The Labute approximate surface area is 214 Å². The number of alkyl halides is 2. The molecule has 192 valence electrons. The van der Waals surface area contributed by atoms with Gasteiger partial charge in [-0.15, -0.1) is 0 Å². The van der Waals surface area contributed by atoms with Crippen LogP contribution in [0.2, 0.25) is 0 Å². The van der Waals surface area contributed by atoms with Gasteiger partial charge in [-0.05, 0) is 62.2 Å². The average molecular weight is 505 g/mol. The topological polar surface area (TPSA) is 66.3 Å². The molecule has 0 unspecified atom stereocenters. The Balaban J connectivity index is 1.62. The second-order valence-corrected chi connectivity index (χ2v) is 9.52. The molecule has 3 heterocycles. The second-order valence-electron chi connectivity index (χ2n) is 9.52. The summed E-state index contributed by atoms with van der Waals surface area (Å²) in [5, 5.41) is 8.95. The molecular weight excluding hydrogens is 474 g/mol. The van der Waals surface area contributed by atoms with E-state index in [4.69, 9.17) is 4.98 Å². The van der Waals surface area contributed by atoms with Gasteiger partial charge in [0.15, 0.2) is 0 Å². The van der Waals surface area contributed by atoms with Crippen LogP contribution in [0.25, 0.3) is 22.0 Å². The Morgan fingerprint density at radius 2 is 1.97 bits per heavy atom. The molecule has 0 saturated carbocycles. The fourth-order valence-corrected chi connectivity index (χ4v) is 4.83. The molecule has 4 aromatic rings. The molecule has 2 aromatic heterocycles. The van der Waals surface area contributed by atoms with Gasteiger partial charge in [0, 0.05) is 48.5 Å². The maximum absolute atomic E-state index is 14.4. The largest absolute Gasteiger partial charge is 0.354 e. The van der Waals surface area contributed by atoms with Crippen LogP contribution in [-0.4, -0.2) is 59.8 Å². The fraction of sp³-hybridized carbons (Fsp3) is 0.321. The van der Waals surface area contributed by atoms with E-state index < -0.39 is 6.43 Å². The quantitative estimate of drug-likeness (QED) is 0.382. The van der Waals surface area contributed by atoms with Crippen molar-refractivity contribution < 1.29 is 13.6 Å². The first-order chi connectivity index (χ1) is 17.9. The lowest BCUT2D eigenvalue weighted by atomic mass is 9.93. The van der Waals surface area contributed by atoms with Crippen LogP contribution in [0.4, 0.5) is 20.3 Å². The number of carbonyl (C=O) groups is 1. The van der Waals surface area contributed by atoms with E-state index in [-0.39, 0.29) is 17.2 Å². The van der Waals surface area contributed by atoms with Crippen molar-refractivity contribution in [3.8, 4) is 11.3 Å². The summed E-state index contributed by atoms with van der Waals surface area (Å²) in [4.78, 5) is 21.2. The van der Waals surface area contributed by atoms with Crippen molar-refractivity contribution in [2.45, 2.75) is 25.8 Å². The lowest BCUT2D eigenvalue weighted by Crippen LogP contribution is -2.27. The molecule has 0 bridgehead atoms. The van der Waals surface area contributed by atoms with Gasteiger partial charge in [0.1, 0.15) is 11.5 Å². The third-order valence-electron chi connectivity index (χ3n) is 6.73. The Kier molecular flexibility index (Phi) is 6.88. The molecular formula is C28H30F2N6O. The van der Waals surface area contributed by atoms with E-state index in [2.05, 4.69) is 15.3 Å². The van der Waals surface area contributed by atoms with Crippen LogP contribution in [-0.2, 0) is 13.0 Å². The highest BCUT2D eigenvalue weighted by Gasteiger charge is 2.27. The number of rotatable bonds is 7. The van der Waals surface area contributed by atoms with Crippen LogP contribution in [0.1, 0.15) is 34.5 Å². The van der Waals surface area contributed by atoms with Gasteiger partial charge in [0.2, 0.25) is 0 Å². The maximum atomic E-state index is 14.4. The number of benzene rings is 2. The van der Waals surface area contributed by atoms with Crippen LogP contribution in [0.3, 0.4) is 0 Å². The van der Waals surface area contributed by atoms with Gasteiger partial charge in [-0.25, -0.2) is 13.8 Å². The summed E-state index contributed by atoms with van der Waals surface area (Å²) in [6, 6.07) is 14.7. The predicted molar refractivity (Wildman–Crippen MR) is 142 cm³/mol. The zero-order valence-electron chi connectivity index (χ0n) is 21.2. The number of hydrogen-bond acceptors (Lipinski definition) is 5. The molecule has 9 heteroatoms. The minimum atomic E-state index is -2.67. The van der Waals surface area contributed by atoms with E-state index in [0.29, 0.717) is 35.9 Å². The van der Waals surface area contributed by atoms with Gasteiger partial charge in [-0.3, -0.25) is 9.48 Å².